The molecule has 5 rings (SSSR count). The number of carbonyl (C=O) groups excluding carboxylic acids is 1. The summed E-state index contributed by atoms with van der Waals surface area (Å²) in [4.78, 5) is 15.2. The molecule has 152 valence electrons. The van der Waals surface area contributed by atoms with Crippen LogP contribution in [0, 0.1) is 5.92 Å². The highest BCUT2D eigenvalue weighted by atomic mass is 16.5. The molecule has 2 saturated carbocycles. The molecule has 3 aliphatic rings. The van der Waals surface area contributed by atoms with Crippen molar-refractivity contribution in [3.05, 3.63) is 53.6 Å². The van der Waals surface area contributed by atoms with Gasteiger partial charge in [0.2, 0.25) is 0 Å². The van der Waals surface area contributed by atoms with Crippen LogP contribution >= 0.6 is 0 Å². The number of nitrogens with zero attached hydrogens (tertiary/aromatic N) is 1. The first-order valence-electron chi connectivity index (χ1n) is 10.6. The molecule has 29 heavy (non-hydrogen) atoms. The zero-order chi connectivity index (χ0) is 20.0. The summed E-state index contributed by atoms with van der Waals surface area (Å²) in [5.74, 6) is 2.05. The van der Waals surface area contributed by atoms with Crippen LogP contribution in [0.1, 0.15) is 60.5 Å². The molecule has 0 radical (unpaired) electrons. The van der Waals surface area contributed by atoms with Gasteiger partial charge in [0.05, 0.1) is 19.3 Å². The zero-order valence-corrected chi connectivity index (χ0v) is 16.7. The van der Waals surface area contributed by atoms with Crippen LogP contribution in [-0.4, -0.2) is 30.3 Å². The van der Waals surface area contributed by atoms with Gasteiger partial charge in [-0.1, -0.05) is 31.0 Å². The number of benzene rings is 2. The second-order valence-corrected chi connectivity index (χ2v) is 8.50. The van der Waals surface area contributed by atoms with Gasteiger partial charge in [-0.05, 0) is 48.9 Å². The van der Waals surface area contributed by atoms with Gasteiger partial charge in [0, 0.05) is 23.7 Å². The molecule has 0 aromatic heterocycles. The van der Waals surface area contributed by atoms with Crippen LogP contribution in [-0.2, 0) is 0 Å². The Balaban J connectivity index is 1.48. The first-order chi connectivity index (χ1) is 14.1. The summed E-state index contributed by atoms with van der Waals surface area (Å²) in [6.45, 7) is 0. The number of methoxy groups -OCH3 is 1. The van der Waals surface area contributed by atoms with Crippen LogP contribution in [0.2, 0.25) is 0 Å². The topological polar surface area (TPSA) is 59.0 Å². The monoisotopic (exact) mass is 393 g/mol. The standard InChI is InChI=1S/C24H27NO4/c1-28-22-11-8-16(13-23(22)29-18-10-9-17(26)14-18)25-21(12-15-6-7-15)19-4-2-3-5-20(19)24(25)27/h2-5,8,11,13,15,17-18,21,26H,6-7,9-10,12,14H2,1H3. The Labute approximate surface area is 171 Å². The van der Waals surface area contributed by atoms with Crippen molar-refractivity contribution in [1.29, 1.82) is 0 Å². The number of hydrogen-bond acceptors (Lipinski definition) is 4. The smallest absolute Gasteiger partial charge is 0.259 e. The zero-order valence-electron chi connectivity index (χ0n) is 16.7. The third-order valence-electron chi connectivity index (χ3n) is 6.41. The molecule has 1 N–H and O–H groups in total. The summed E-state index contributed by atoms with van der Waals surface area (Å²) < 4.78 is 11.7. The van der Waals surface area contributed by atoms with Crippen LogP contribution in [0.5, 0.6) is 11.5 Å². The van der Waals surface area contributed by atoms with Gasteiger partial charge in [0.1, 0.15) is 6.10 Å². The van der Waals surface area contributed by atoms with Gasteiger partial charge < -0.3 is 19.5 Å². The minimum absolute atomic E-state index is 0.0251. The van der Waals surface area contributed by atoms with E-state index in [1.54, 1.807) is 7.11 Å². The van der Waals surface area contributed by atoms with Gasteiger partial charge in [-0.3, -0.25) is 4.79 Å². The van der Waals surface area contributed by atoms with E-state index in [9.17, 15) is 9.90 Å². The summed E-state index contributed by atoms with van der Waals surface area (Å²) in [6.07, 6.45) is 5.40. The highest BCUT2D eigenvalue weighted by Crippen LogP contribution is 2.47. The number of anilines is 1. The van der Waals surface area contributed by atoms with Crippen molar-refractivity contribution < 1.29 is 19.4 Å². The van der Waals surface area contributed by atoms with Crippen LogP contribution in [0.3, 0.4) is 0 Å². The highest BCUT2D eigenvalue weighted by molar-refractivity contribution is 6.11. The van der Waals surface area contributed by atoms with Crippen molar-refractivity contribution in [3.63, 3.8) is 0 Å². The van der Waals surface area contributed by atoms with Crippen molar-refractivity contribution in [3.8, 4) is 11.5 Å². The molecule has 0 saturated heterocycles. The summed E-state index contributed by atoms with van der Waals surface area (Å²) in [6, 6.07) is 13.8. The fourth-order valence-electron chi connectivity index (χ4n) is 4.70. The van der Waals surface area contributed by atoms with E-state index < -0.39 is 0 Å². The number of rotatable bonds is 6. The number of amides is 1. The molecule has 1 aliphatic heterocycles. The Bertz CT molecular complexity index is 923. The van der Waals surface area contributed by atoms with E-state index in [0.29, 0.717) is 23.8 Å². The van der Waals surface area contributed by atoms with Crippen LogP contribution in [0.15, 0.2) is 42.5 Å². The van der Waals surface area contributed by atoms with Crippen LogP contribution < -0.4 is 14.4 Å². The fraction of sp³-hybridized carbons (Fsp3) is 0.458. The Hall–Kier alpha value is -2.53. The predicted octanol–water partition coefficient (Wildman–Crippen LogP) is 4.49. The lowest BCUT2D eigenvalue weighted by molar-refractivity contribution is 0.0990. The number of ether oxygens (including phenoxy) is 2. The molecule has 0 bridgehead atoms. The summed E-state index contributed by atoms with van der Waals surface area (Å²) >= 11 is 0. The average molecular weight is 393 g/mol. The Morgan fingerprint density at radius 2 is 1.90 bits per heavy atom. The van der Waals surface area contributed by atoms with E-state index in [1.807, 2.05) is 41.3 Å². The summed E-state index contributed by atoms with van der Waals surface area (Å²) in [7, 11) is 1.62. The van der Waals surface area contributed by atoms with Gasteiger partial charge in [0.25, 0.3) is 5.91 Å². The molecule has 5 nitrogen and oxygen atoms in total. The van der Waals surface area contributed by atoms with E-state index in [4.69, 9.17) is 9.47 Å². The molecular formula is C24H27NO4. The van der Waals surface area contributed by atoms with E-state index in [1.165, 1.54) is 12.8 Å². The molecule has 2 aromatic rings. The third kappa shape index (κ3) is 3.48. The van der Waals surface area contributed by atoms with Crippen molar-refractivity contribution in [2.45, 2.75) is 56.8 Å². The van der Waals surface area contributed by atoms with Crippen molar-refractivity contribution in [1.82, 2.24) is 0 Å². The third-order valence-corrected chi connectivity index (χ3v) is 6.41. The SMILES string of the molecule is COc1ccc(N2C(=O)c3ccccc3C2CC2CC2)cc1OC1CCC(O)C1. The number of aliphatic hydroxyl groups is 1. The normalized spacial score (nSPS) is 25.9. The first kappa shape index (κ1) is 18.5. The molecule has 0 spiro atoms. The molecule has 2 aromatic carbocycles. The highest BCUT2D eigenvalue weighted by Gasteiger charge is 2.40. The molecule has 5 heteroatoms. The quantitative estimate of drug-likeness (QED) is 0.786. The molecule has 1 amide bonds. The fourth-order valence-corrected chi connectivity index (χ4v) is 4.70. The Kier molecular flexibility index (Phi) is 4.70. The van der Waals surface area contributed by atoms with Crippen molar-refractivity contribution in [2.24, 2.45) is 5.92 Å². The lowest BCUT2D eigenvalue weighted by Crippen LogP contribution is -2.28. The first-order valence-corrected chi connectivity index (χ1v) is 10.6. The summed E-state index contributed by atoms with van der Waals surface area (Å²) in [5, 5.41) is 9.83. The summed E-state index contributed by atoms with van der Waals surface area (Å²) in [5.41, 5.74) is 2.77. The maximum Gasteiger partial charge on any atom is 0.259 e. The van der Waals surface area contributed by atoms with Gasteiger partial charge in [-0.2, -0.15) is 0 Å². The van der Waals surface area contributed by atoms with Crippen LogP contribution in [0.25, 0.3) is 0 Å². The largest absolute Gasteiger partial charge is 0.493 e. The lowest BCUT2D eigenvalue weighted by Gasteiger charge is -2.27. The number of carbonyl (C=O) groups is 1. The second-order valence-electron chi connectivity index (χ2n) is 8.50. The maximum absolute atomic E-state index is 13.3. The Morgan fingerprint density at radius 3 is 2.62 bits per heavy atom. The minimum Gasteiger partial charge on any atom is -0.493 e. The van der Waals surface area contributed by atoms with Crippen molar-refractivity contribution in [2.75, 3.05) is 12.0 Å². The number of aliphatic hydroxyl groups excluding tert-OH is 1. The number of hydrogen-bond donors (Lipinski definition) is 1. The van der Waals surface area contributed by atoms with Gasteiger partial charge in [0.15, 0.2) is 11.5 Å². The van der Waals surface area contributed by atoms with E-state index in [2.05, 4.69) is 6.07 Å². The predicted molar refractivity (Wildman–Crippen MR) is 111 cm³/mol. The number of fused-ring (bicyclic) bond motifs is 1. The molecular weight excluding hydrogens is 366 g/mol. The molecule has 2 aliphatic carbocycles. The van der Waals surface area contributed by atoms with E-state index >= 15 is 0 Å². The molecule has 3 atom stereocenters. The van der Waals surface area contributed by atoms with Gasteiger partial charge in [-0.25, -0.2) is 0 Å². The van der Waals surface area contributed by atoms with Gasteiger partial charge in [-0.15, -0.1) is 0 Å². The molecule has 3 unspecified atom stereocenters. The maximum atomic E-state index is 13.3. The lowest BCUT2D eigenvalue weighted by atomic mass is 10.00. The van der Waals surface area contributed by atoms with Crippen LogP contribution in [0.4, 0.5) is 5.69 Å². The Morgan fingerprint density at radius 1 is 1.07 bits per heavy atom. The van der Waals surface area contributed by atoms with E-state index in [-0.39, 0.29) is 24.2 Å². The minimum atomic E-state index is -0.299. The molecule has 2 fully saturated rings. The second kappa shape index (κ2) is 7.38. The van der Waals surface area contributed by atoms with E-state index in [0.717, 1.165) is 36.1 Å². The molecule has 1 heterocycles. The van der Waals surface area contributed by atoms with Gasteiger partial charge >= 0.3 is 0 Å². The average Bonchev–Trinajstić information content (AvgIpc) is 3.40. The van der Waals surface area contributed by atoms with Crippen molar-refractivity contribution >= 4 is 11.6 Å².